The number of aromatic hydroxyl groups is 2. The summed E-state index contributed by atoms with van der Waals surface area (Å²) >= 11 is 0. The molecule has 0 aromatic heterocycles. The molecule has 0 aliphatic carbocycles. The van der Waals surface area contributed by atoms with Crippen LogP contribution in [0.1, 0.15) is 57.9 Å². The van der Waals surface area contributed by atoms with Crippen molar-refractivity contribution in [1.82, 2.24) is 0 Å². The third-order valence-electron chi connectivity index (χ3n) is 3.87. The Hall–Kier alpha value is -1.71. The normalized spacial score (nSPS) is 13.7. The van der Waals surface area contributed by atoms with Gasteiger partial charge in [-0.05, 0) is 25.3 Å². The molecule has 21 heavy (non-hydrogen) atoms. The maximum atomic E-state index is 12.1. The van der Waals surface area contributed by atoms with E-state index in [0.717, 1.165) is 25.7 Å². The molecule has 2 atom stereocenters. The predicted molar refractivity (Wildman–Crippen MR) is 82.5 cm³/mol. The van der Waals surface area contributed by atoms with Gasteiger partial charge in [0.25, 0.3) is 0 Å². The van der Waals surface area contributed by atoms with E-state index in [1.165, 1.54) is 6.07 Å². The highest BCUT2D eigenvalue weighted by Crippen LogP contribution is 2.34. The zero-order valence-electron chi connectivity index (χ0n) is 13.1. The first kappa shape index (κ1) is 17.3. The van der Waals surface area contributed by atoms with Crippen molar-refractivity contribution in [1.29, 1.82) is 0 Å². The van der Waals surface area contributed by atoms with Gasteiger partial charge in [0.05, 0.1) is 12.5 Å². The SMILES string of the molecule is CCCCC(CC)COC(=O)C(C)c1cccc(O)c1O. The summed E-state index contributed by atoms with van der Waals surface area (Å²) in [6.45, 7) is 6.33. The first-order valence-corrected chi connectivity index (χ1v) is 7.68. The lowest BCUT2D eigenvalue weighted by molar-refractivity contribution is -0.146. The number of carbonyl (C=O) groups is 1. The molecule has 0 aliphatic rings. The van der Waals surface area contributed by atoms with Crippen LogP contribution in [-0.4, -0.2) is 22.8 Å². The summed E-state index contributed by atoms with van der Waals surface area (Å²) in [6, 6.07) is 4.61. The van der Waals surface area contributed by atoms with Crippen molar-refractivity contribution < 1.29 is 19.7 Å². The molecule has 0 amide bonds. The van der Waals surface area contributed by atoms with Crippen molar-refractivity contribution in [2.24, 2.45) is 5.92 Å². The second-order valence-electron chi connectivity index (χ2n) is 5.48. The Labute approximate surface area is 126 Å². The quantitative estimate of drug-likeness (QED) is 0.562. The molecule has 0 saturated heterocycles. The largest absolute Gasteiger partial charge is 0.504 e. The summed E-state index contributed by atoms with van der Waals surface area (Å²) < 4.78 is 5.37. The number of carbonyl (C=O) groups excluding carboxylic acids is 1. The standard InChI is InChI=1S/C17H26O4/c1-4-6-8-13(5-2)11-21-17(20)12(3)14-9-7-10-15(18)16(14)19/h7,9-10,12-13,18-19H,4-6,8,11H2,1-3H3. The Morgan fingerprint density at radius 3 is 2.62 bits per heavy atom. The van der Waals surface area contributed by atoms with E-state index >= 15 is 0 Å². The molecule has 0 spiro atoms. The monoisotopic (exact) mass is 294 g/mol. The first-order valence-electron chi connectivity index (χ1n) is 7.68. The van der Waals surface area contributed by atoms with Gasteiger partial charge >= 0.3 is 5.97 Å². The van der Waals surface area contributed by atoms with Crippen LogP contribution >= 0.6 is 0 Å². The first-order chi connectivity index (χ1) is 10.0. The Balaban J connectivity index is 2.60. The topological polar surface area (TPSA) is 66.8 Å². The lowest BCUT2D eigenvalue weighted by atomic mass is 9.99. The Morgan fingerprint density at radius 1 is 1.29 bits per heavy atom. The number of para-hydroxylation sites is 1. The van der Waals surface area contributed by atoms with Crippen LogP contribution in [0.4, 0.5) is 0 Å². The lowest BCUT2D eigenvalue weighted by Crippen LogP contribution is -2.18. The minimum Gasteiger partial charge on any atom is -0.504 e. The molecule has 0 radical (unpaired) electrons. The molecule has 0 bridgehead atoms. The molecule has 0 aliphatic heterocycles. The molecule has 2 N–H and O–H groups in total. The third-order valence-corrected chi connectivity index (χ3v) is 3.87. The van der Waals surface area contributed by atoms with Crippen LogP contribution in [0.25, 0.3) is 0 Å². The minimum absolute atomic E-state index is 0.221. The van der Waals surface area contributed by atoms with Gasteiger partial charge in [-0.3, -0.25) is 4.79 Å². The maximum absolute atomic E-state index is 12.1. The molecule has 1 rings (SSSR count). The van der Waals surface area contributed by atoms with E-state index in [2.05, 4.69) is 13.8 Å². The smallest absolute Gasteiger partial charge is 0.313 e. The third kappa shape index (κ3) is 4.96. The van der Waals surface area contributed by atoms with Gasteiger partial charge in [0.1, 0.15) is 0 Å². The summed E-state index contributed by atoms with van der Waals surface area (Å²) in [6.07, 6.45) is 4.32. The van der Waals surface area contributed by atoms with Crippen LogP contribution in [0.3, 0.4) is 0 Å². The number of hydrogen-bond donors (Lipinski definition) is 2. The molecule has 118 valence electrons. The maximum Gasteiger partial charge on any atom is 0.313 e. The second kappa shape index (κ2) is 8.55. The van der Waals surface area contributed by atoms with Crippen molar-refractivity contribution in [3.63, 3.8) is 0 Å². The number of unbranched alkanes of at least 4 members (excludes halogenated alkanes) is 1. The highest BCUT2D eigenvalue weighted by atomic mass is 16.5. The van der Waals surface area contributed by atoms with E-state index in [-0.39, 0.29) is 17.5 Å². The van der Waals surface area contributed by atoms with E-state index in [4.69, 9.17) is 4.74 Å². The summed E-state index contributed by atoms with van der Waals surface area (Å²) in [5.74, 6) is -1.05. The zero-order valence-corrected chi connectivity index (χ0v) is 13.1. The summed E-state index contributed by atoms with van der Waals surface area (Å²) in [5, 5.41) is 19.3. The zero-order chi connectivity index (χ0) is 15.8. The molecule has 4 heteroatoms. The van der Waals surface area contributed by atoms with Gasteiger partial charge in [0, 0.05) is 5.56 Å². The highest BCUT2D eigenvalue weighted by molar-refractivity contribution is 5.79. The van der Waals surface area contributed by atoms with Crippen LogP contribution in [0.5, 0.6) is 11.5 Å². The number of ether oxygens (including phenoxy) is 1. The van der Waals surface area contributed by atoms with Crippen molar-refractivity contribution in [3.8, 4) is 11.5 Å². The number of esters is 1. The number of phenols is 2. The molecule has 2 unspecified atom stereocenters. The molecule has 0 fully saturated rings. The Kier molecular flexibility index (Phi) is 7.06. The van der Waals surface area contributed by atoms with Gasteiger partial charge in [-0.15, -0.1) is 0 Å². The van der Waals surface area contributed by atoms with Gasteiger partial charge < -0.3 is 14.9 Å². The van der Waals surface area contributed by atoms with Crippen molar-refractivity contribution >= 4 is 5.97 Å². The van der Waals surface area contributed by atoms with Crippen molar-refractivity contribution in [3.05, 3.63) is 23.8 Å². The molecule has 0 heterocycles. The number of benzene rings is 1. The van der Waals surface area contributed by atoms with Crippen LogP contribution in [0.15, 0.2) is 18.2 Å². The Bertz CT molecular complexity index is 456. The van der Waals surface area contributed by atoms with Crippen LogP contribution in [-0.2, 0) is 9.53 Å². The molecule has 0 saturated carbocycles. The highest BCUT2D eigenvalue weighted by Gasteiger charge is 2.22. The van der Waals surface area contributed by atoms with Gasteiger partial charge in [-0.2, -0.15) is 0 Å². The van der Waals surface area contributed by atoms with Crippen LogP contribution in [0.2, 0.25) is 0 Å². The van der Waals surface area contributed by atoms with Gasteiger partial charge in [-0.1, -0.05) is 45.2 Å². The Morgan fingerprint density at radius 2 is 2.00 bits per heavy atom. The van der Waals surface area contributed by atoms with E-state index < -0.39 is 5.92 Å². The average molecular weight is 294 g/mol. The minimum atomic E-state index is -0.596. The van der Waals surface area contributed by atoms with Gasteiger partial charge in [0.15, 0.2) is 11.5 Å². The summed E-state index contributed by atoms with van der Waals surface area (Å²) in [5.41, 5.74) is 0.390. The molecular formula is C17H26O4. The number of phenolic OH excluding ortho intramolecular Hbond substituents is 2. The van der Waals surface area contributed by atoms with E-state index in [1.54, 1.807) is 19.1 Å². The summed E-state index contributed by atoms with van der Waals surface area (Å²) in [7, 11) is 0. The molecule has 1 aromatic carbocycles. The van der Waals surface area contributed by atoms with Crippen molar-refractivity contribution in [2.75, 3.05) is 6.61 Å². The van der Waals surface area contributed by atoms with Crippen LogP contribution < -0.4 is 0 Å². The predicted octanol–water partition coefficient (Wildman–Crippen LogP) is 3.96. The van der Waals surface area contributed by atoms with Crippen molar-refractivity contribution in [2.45, 2.75) is 52.4 Å². The fourth-order valence-electron chi connectivity index (χ4n) is 2.25. The summed E-state index contributed by atoms with van der Waals surface area (Å²) in [4.78, 5) is 12.1. The van der Waals surface area contributed by atoms with Crippen LogP contribution in [0, 0.1) is 5.92 Å². The molecule has 4 nitrogen and oxygen atoms in total. The lowest BCUT2D eigenvalue weighted by Gasteiger charge is -2.18. The fraction of sp³-hybridized carbons (Fsp3) is 0.588. The van der Waals surface area contributed by atoms with E-state index in [1.807, 2.05) is 0 Å². The fourth-order valence-corrected chi connectivity index (χ4v) is 2.25. The molecule has 1 aromatic rings. The second-order valence-corrected chi connectivity index (χ2v) is 5.48. The van der Waals surface area contributed by atoms with E-state index in [0.29, 0.717) is 18.1 Å². The molecular weight excluding hydrogens is 268 g/mol. The number of hydrogen-bond acceptors (Lipinski definition) is 4. The average Bonchev–Trinajstić information content (AvgIpc) is 2.49. The van der Waals surface area contributed by atoms with Gasteiger partial charge in [-0.25, -0.2) is 0 Å². The van der Waals surface area contributed by atoms with Gasteiger partial charge in [0.2, 0.25) is 0 Å². The number of rotatable bonds is 8. The van der Waals surface area contributed by atoms with E-state index in [9.17, 15) is 15.0 Å².